The van der Waals surface area contributed by atoms with Gasteiger partial charge in [-0.25, -0.2) is 0 Å². The molecule has 0 aliphatic heterocycles. The quantitative estimate of drug-likeness (QED) is 0.506. The Hall–Kier alpha value is 0.821. The van der Waals surface area contributed by atoms with E-state index in [9.17, 15) is 9.90 Å². The van der Waals surface area contributed by atoms with E-state index in [2.05, 4.69) is 20.8 Å². The molecule has 0 heterocycles. The molecule has 3 heteroatoms. The van der Waals surface area contributed by atoms with Crippen LogP contribution in [0.25, 0.3) is 0 Å². The van der Waals surface area contributed by atoms with Crippen LogP contribution in [0.3, 0.4) is 0 Å². The Balaban J connectivity index is 0. The van der Waals surface area contributed by atoms with Crippen molar-refractivity contribution in [1.29, 1.82) is 0 Å². The fraction of sp³-hybridized carbons (Fsp3) is 0.933. The molecule has 0 aliphatic carbocycles. The van der Waals surface area contributed by atoms with Gasteiger partial charge in [-0.1, -0.05) is 65.7 Å². The van der Waals surface area contributed by atoms with E-state index in [0.29, 0.717) is 0 Å². The molecule has 0 saturated heterocycles. The van der Waals surface area contributed by atoms with Gasteiger partial charge < -0.3 is 5.11 Å². The van der Waals surface area contributed by atoms with Gasteiger partial charge in [0, 0.05) is 40.8 Å². The predicted octanol–water partition coefficient (Wildman–Crippen LogP) is 5.02. The molecule has 2 nitrogen and oxygen atoms in total. The van der Waals surface area contributed by atoms with Gasteiger partial charge in [0.15, 0.2) is 0 Å². The molecule has 18 heavy (non-hydrogen) atoms. The molecule has 0 bridgehead atoms. The largest absolute Gasteiger partial charge is 0.481 e. The van der Waals surface area contributed by atoms with Crippen LogP contribution >= 0.6 is 0 Å². The van der Waals surface area contributed by atoms with Gasteiger partial charge in [-0.05, 0) is 19.3 Å². The van der Waals surface area contributed by atoms with Gasteiger partial charge in [-0.3, -0.25) is 4.79 Å². The third kappa shape index (κ3) is 8.08. The SMILES string of the molecule is CCCCCCCC(CCC)(CCC)C(=O)O.[Nd]. The fourth-order valence-electron chi connectivity index (χ4n) is 2.72. The summed E-state index contributed by atoms with van der Waals surface area (Å²) in [5.41, 5.74) is -0.435. The summed E-state index contributed by atoms with van der Waals surface area (Å²) in [7, 11) is 0. The van der Waals surface area contributed by atoms with Crippen LogP contribution in [0.5, 0.6) is 0 Å². The Bertz CT molecular complexity index is 199. The van der Waals surface area contributed by atoms with Crippen molar-refractivity contribution >= 4 is 5.97 Å². The van der Waals surface area contributed by atoms with Gasteiger partial charge >= 0.3 is 5.97 Å². The average Bonchev–Trinajstić information content (AvgIpc) is 2.29. The second kappa shape index (κ2) is 12.8. The van der Waals surface area contributed by atoms with Crippen LogP contribution in [0.2, 0.25) is 0 Å². The van der Waals surface area contributed by atoms with E-state index in [1.54, 1.807) is 0 Å². The van der Waals surface area contributed by atoms with E-state index in [4.69, 9.17) is 0 Å². The first-order valence-electron chi connectivity index (χ1n) is 7.36. The summed E-state index contributed by atoms with van der Waals surface area (Å²) in [6, 6.07) is 0. The molecule has 0 saturated carbocycles. The van der Waals surface area contributed by atoms with Crippen LogP contribution < -0.4 is 0 Å². The predicted molar refractivity (Wildman–Crippen MR) is 73.3 cm³/mol. The third-order valence-electron chi connectivity index (χ3n) is 3.67. The molecule has 0 aromatic rings. The standard InChI is InChI=1S/C15H30O2.Nd/c1-4-7-8-9-10-13-15(11-5-2,12-6-3)14(16)17;/h4-13H2,1-3H3,(H,16,17);. The molecule has 0 rings (SSSR count). The maximum atomic E-state index is 11.5. The zero-order valence-corrected chi connectivity index (χ0v) is 15.6. The maximum Gasteiger partial charge on any atom is 0.309 e. The number of hydrogen-bond acceptors (Lipinski definition) is 1. The zero-order valence-electron chi connectivity index (χ0n) is 12.4. The molecule has 0 atom stereocenters. The summed E-state index contributed by atoms with van der Waals surface area (Å²) in [5, 5.41) is 9.49. The molecule has 106 valence electrons. The maximum absolute atomic E-state index is 11.5. The summed E-state index contributed by atoms with van der Waals surface area (Å²) < 4.78 is 0. The van der Waals surface area contributed by atoms with E-state index in [0.717, 1.165) is 38.5 Å². The minimum absolute atomic E-state index is 0. The fourth-order valence-corrected chi connectivity index (χ4v) is 2.72. The molecular formula is C15H30NdO2. The first kappa shape index (κ1) is 21.1. The van der Waals surface area contributed by atoms with Crippen LogP contribution in [0.1, 0.15) is 85.0 Å². The van der Waals surface area contributed by atoms with Crippen LogP contribution in [0.15, 0.2) is 0 Å². The van der Waals surface area contributed by atoms with Crippen LogP contribution in [0.4, 0.5) is 0 Å². The first-order valence-corrected chi connectivity index (χ1v) is 7.36. The number of carboxylic acids is 1. The van der Waals surface area contributed by atoms with E-state index >= 15 is 0 Å². The topological polar surface area (TPSA) is 37.3 Å². The summed E-state index contributed by atoms with van der Waals surface area (Å²) in [6.45, 7) is 6.38. The van der Waals surface area contributed by atoms with Crippen molar-refractivity contribution in [3.8, 4) is 0 Å². The molecule has 0 unspecified atom stereocenters. The number of hydrogen-bond donors (Lipinski definition) is 1. The van der Waals surface area contributed by atoms with E-state index < -0.39 is 11.4 Å². The van der Waals surface area contributed by atoms with Gasteiger partial charge in [0.05, 0.1) is 5.41 Å². The number of carbonyl (C=O) groups is 1. The van der Waals surface area contributed by atoms with E-state index in [1.807, 2.05) is 0 Å². The zero-order chi connectivity index (χ0) is 13.1. The molecular weight excluding hydrogens is 356 g/mol. The molecule has 0 fully saturated rings. The van der Waals surface area contributed by atoms with Crippen molar-refractivity contribution in [3.05, 3.63) is 0 Å². The second-order valence-electron chi connectivity index (χ2n) is 5.25. The Morgan fingerprint density at radius 2 is 1.33 bits per heavy atom. The molecule has 0 amide bonds. The normalized spacial score (nSPS) is 11.1. The van der Waals surface area contributed by atoms with Gasteiger partial charge in [0.25, 0.3) is 0 Å². The minimum atomic E-state index is -0.573. The van der Waals surface area contributed by atoms with Crippen molar-refractivity contribution < 1.29 is 50.7 Å². The number of rotatable bonds is 11. The average molecular weight is 387 g/mol. The van der Waals surface area contributed by atoms with Crippen molar-refractivity contribution in [2.45, 2.75) is 85.0 Å². The van der Waals surface area contributed by atoms with Gasteiger partial charge in [-0.2, -0.15) is 0 Å². The summed E-state index contributed by atoms with van der Waals surface area (Å²) in [6.07, 6.45) is 10.5. The summed E-state index contributed by atoms with van der Waals surface area (Å²) in [5.74, 6) is -0.573. The van der Waals surface area contributed by atoms with Gasteiger partial charge in [0.2, 0.25) is 0 Å². The van der Waals surface area contributed by atoms with Crippen LogP contribution in [0, 0.1) is 46.3 Å². The molecule has 1 N–H and O–H groups in total. The minimum Gasteiger partial charge on any atom is -0.481 e. The summed E-state index contributed by atoms with van der Waals surface area (Å²) >= 11 is 0. The Morgan fingerprint density at radius 1 is 0.833 bits per heavy atom. The molecule has 0 aromatic carbocycles. The van der Waals surface area contributed by atoms with E-state index in [-0.39, 0.29) is 40.8 Å². The van der Waals surface area contributed by atoms with Gasteiger partial charge in [0.1, 0.15) is 0 Å². The molecule has 0 radical (unpaired) electrons. The smallest absolute Gasteiger partial charge is 0.309 e. The number of unbranched alkanes of at least 4 members (excludes halogenated alkanes) is 4. The molecule has 0 spiro atoms. The Kier molecular flexibility index (Phi) is 15.1. The third-order valence-corrected chi connectivity index (χ3v) is 3.67. The van der Waals surface area contributed by atoms with Crippen molar-refractivity contribution in [1.82, 2.24) is 0 Å². The second-order valence-corrected chi connectivity index (χ2v) is 5.25. The van der Waals surface area contributed by atoms with Crippen LogP contribution in [-0.2, 0) is 4.79 Å². The van der Waals surface area contributed by atoms with Crippen LogP contribution in [-0.4, -0.2) is 11.1 Å². The van der Waals surface area contributed by atoms with Crippen molar-refractivity contribution in [3.63, 3.8) is 0 Å². The van der Waals surface area contributed by atoms with Gasteiger partial charge in [-0.15, -0.1) is 0 Å². The monoisotopic (exact) mass is 384 g/mol. The number of carboxylic acid groups (broad SMARTS) is 1. The van der Waals surface area contributed by atoms with Crippen molar-refractivity contribution in [2.24, 2.45) is 5.41 Å². The van der Waals surface area contributed by atoms with Crippen molar-refractivity contribution in [2.75, 3.05) is 0 Å². The summed E-state index contributed by atoms with van der Waals surface area (Å²) in [4.78, 5) is 11.5. The first-order chi connectivity index (χ1) is 8.13. The molecule has 0 aliphatic rings. The van der Waals surface area contributed by atoms with E-state index in [1.165, 1.54) is 25.7 Å². The Morgan fingerprint density at radius 3 is 1.72 bits per heavy atom. The number of aliphatic carboxylic acids is 1. The Labute approximate surface area is 146 Å². The molecule has 0 aromatic heterocycles.